The highest BCUT2D eigenvalue weighted by atomic mass is 32.2. The number of aryl methyl sites for hydroxylation is 1. The minimum absolute atomic E-state index is 0.207. The van der Waals surface area contributed by atoms with Crippen LogP contribution in [0.3, 0.4) is 0 Å². The maximum atomic E-state index is 13.0. The Morgan fingerprint density at radius 2 is 1.97 bits per heavy atom. The number of aromatic nitrogens is 2. The first-order chi connectivity index (χ1) is 16.0. The van der Waals surface area contributed by atoms with E-state index in [4.69, 9.17) is 4.74 Å². The molecule has 0 bridgehead atoms. The molecule has 0 aliphatic heterocycles. The van der Waals surface area contributed by atoms with E-state index in [2.05, 4.69) is 15.0 Å². The van der Waals surface area contributed by atoms with E-state index in [0.29, 0.717) is 37.0 Å². The second-order valence-corrected chi connectivity index (χ2v) is 10.1. The van der Waals surface area contributed by atoms with Gasteiger partial charge in [0.15, 0.2) is 0 Å². The number of fused-ring (bicyclic) bond motifs is 1. The second-order valence-electron chi connectivity index (χ2n) is 7.20. The molecule has 0 spiro atoms. The third-order valence-corrected chi connectivity index (χ3v) is 7.67. The van der Waals surface area contributed by atoms with Gasteiger partial charge in [0.05, 0.1) is 11.0 Å². The van der Waals surface area contributed by atoms with Gasteiger partial charge in [-0.2, -0.15) is 0 Å². The molecule has 0 saturated carbocycles. The molecule has 0 aliphatic carbocycles. The van der Waals surface area contributed by atoms with Crippen LogP contribution in [0.2, 0.25) is 0 Å². The van der Waals surface area contributed by atoms with E-state index >= 15 is 0 Å². The summed E-state index contributed by atoms with van der Waals surface area (Å²) in [6, 6.07) is 17.2. The van der Waals surface area contributed by atoms with Crippen LogP contribution in [0.4, 0.5) is 11.6 Å². The minimum atomic E-state index is -3.70. The largest absolute Gasteiger partial charge is 0.382 e. The molecule has 4 rings (SSSR count). The molecular weight excluding hydrogens is 460 g/mol. The van der Waals surface area contributed by atoms with Gasteiger partial charge in [-0.15, -0.1) is 11.3 Å². The standard InChI is InChI=1S/C23H24N4O4S2/c1-2-31-14-7-13-27-20-11-4-3-10-19(20)24-23(27)25-22(28)17-8-5-9-18(16-17)26-33(29,30)21-12-6-15-32-21/h3-6,8-12,15-16,26H,2,7,13-14H2,1H3,(H,24,25,28). The lowest BCUT2D eigenvalue weighted by Crippen LogP contribution is -2.17. The number of para-hydroxylation sites is 2. The lowest BCUT2D eigenvalue weighted by molar-refractivity contribution is 0.102. The number of thiophene rings is 1. The molecule has 2 N–H and O–H groups in total. The van der Waals surface area contributed by atoms with Gasteiger partial charge in [-0.1, -0.05) is 24.3 Å². The molecule has 0 fully saturated rings. The number of amides is 1. The van der Waals surface area contributed by atoms with E-state index in [0.717, 1.165) is 28.8 Å². The van der Waals surface area contributed by atoms with Crippen LogP contribution in [0.25, 0.3) is 11.0 Å². The molecule has 0 atom stereocenters. The fourth-order valence-electron chi connectivity index (χ4n) is 3.39. The summed E-state index contributed by atoms with van der Waals surface area (Å²) in [5.74, 6) is 0.0517. The average Bonchev–Trinajstić information content (AvgIpc) is 3.46. The van der Waals surface area contributed by atoms with Gasteiger partial charge in [-0.05, 0) is 55.1 Å². The number of rotatable bonds is 10. The van der Waals surface area contributed by atoms with Crippen LogP contribution in [0, 0.1) is 0 Å². The Balaban J connectivity index is 1.54. The van der Waals surface area contributed by atoms with Crippen molar-refractivity contribution >= 4 is 49.9 Å². The van der Waals surface area contributed by atoms with Crippen molar-refractivity contribution in [1.82, 2.24) is 9.55 Å². The van der Waals surface area contributed by atoms with Crippen LogP contribution in [0.15, 0.2) is 70.3 Å². The Hall–Kier alpha value is -3.21. The zero-order valence-electron chi connectivity index (χ0n) is 18.0. The van der Waals surface area contributed by atoms with Crippen LogP contribution in [-0.2, 0) is 21.3 Å². The Kier molecular flexibility index (Phi) is 7.07. The average molecular weight is 485 g/mol. The summed E-state index contributed by atoms with van der Waals surface area (Å²) in [5, 5.41) is 4.57. The normalized spacial score (nSPS) is 11.5. The summed E-state index contributed by atoms with van der Waals surface area (Å²) in [5.41, 5.74) is 2.32. The third-order valence-electron chi connectivity index (χ3n) is 4.89. The number of carbonyl (C=O) groups excluding carboxylic acids is 1. The summed E-state index contributed by atoms with van der Waals surface area (Å²) in [7, 11) is -3.70. The maximum Gasteiger partial charge on any atom is 0.271 e. The van der Waals surface area contributed by atoms with Crippen molar-refractivity contribution in [2.75, 3.05) is 23.3 Å². The van der Waals surface area contributed by atoms with Gasteiger partial charge in [0.1, 0.15) is 4.21 Å². The highest BCUT2D eigenvalue weighted by Gasteiger charge is 2.17. The van der Waals surface area contributed by atoms with Crippen molar-refractivity contribution in [1.29, 1.82) is 0 Å². The van der Waals surface area contributed by atoms with Gasteiger partial charge < -0.3 is 9.30 Å². The van der Waals surface area contributed by atoms with E-state index in [1.165, 1.54) is 12.1 Å². The molecule has 10 heteroatoms. The van der Waals surface area contributed by atoms with Gasteiger partial charge in [0, 0.05) is 31.0 Å². The summed E-state index contributed by atoms with van der Waals surface area (Å²) < 4.78 is 35.1. The summed E-state index contributed by atoms with van der Waals surface area (Å²) >= 11 is 1.12. The van der Waals surface area contributed by atoms with Crippen molar-refractivity contribution in [2.24, 2.45) is 0 Å². The van der Waals surface area contributed by atoms with Gasteiger partial charge in [-0.25, -0.2) is 13.4 Å². The van der Waals surface area contributed by atoms with Crippen molar-refractivity contribution in [2.45, 2.75) is 24.1 Å². The van der Waals surface area contributed by atoms with Crippen LogP contribution in [0.5, 0.6) is 0 Å². The van der Waals surface area contributed by atoms with Crippen LogP contribution in [-0.4, -0.2) is 37.1 Å². The first-order valence-corrected chi connectivity index (χ1v) is 12.8. The first kappa shape index (κ1) is 23.0. The molecule has 2 aromatic carbocycles. The third kappa shape index (κ3) is 5.41. The number of hydrogen-bond acceptors (Lipinski definition) is 6. The molecule has 4 aromatic rings. The number of benzene rings is 2. The van der Waals surface area contributed by atoms with E-state index in [1.54, 1.807) is 29.6 Å². The SMILES string of the molecule is CCOCCCn1c(NC(=O)c2cccc(NS(=O)(=O)c3cccs3)c2)nc2ccccc21. The topological polar surface area (TPSA) is 102 Å². The molecule has 0 radical (unpaired) electrons. The van der Waals surface area contributed by atoms with Crippen LogP contribution in [0.1, 0.15) is 23.7 Å². The van der Waals surface area contributed by atoms with Crippen molar-refractivity contribution in [3.63, 3.8) is 0 Å². The number of ether oxygens (including phenoxy) is 1. The predicted octanol–water partition coefficient (Wildman–Crippen LogP) is 4.58. The Morgan fingerprint density at radius 3 is 2.76 bits per heavy atom. The molecule has 172 valence electrons. The summed E-state index contributed by atoms with van der Waals surface area (Å²) in [6.45, 7) is 3.85. The minimum Gasteiger partial charge on any atom is -0.382 e. The van der Waals surface area contributed by atoms with Crippen molar-refractivity contribution < 1.29 is 17.9 Å². The summed E-state index contributed by atoms with van der Waals surface area (Å²) in [4.78, 5) is 17.6. The molecule has 33 heavy (non-hydrogen) atoms. The number of carbonyl (C=O) groups is 1. The molecular formula is C23H24N4O4S2. The molecule has 0 saturated heterocycles. The second kappa shape index (κ2) is 10.2. The number of sulfonamides is 1. The number of nitrogens with zero attached hydrogens (tertiary/aromatic N) is 2. The van der Waals surface area contributed by atoms with Gasteiger partial charge in [0.2, 0.25) is 5.95 Å². The molecule has 0 unspecified atom stereocenters. The maximum absolute atomic E-state index is 13.0. The molecule has 0 aliphatic rings. The lowest BCUT2D eigenvalue weighted by atomic mass is 10.2. The molecule has 2 aromatic heterocycles. The number of imidazole rings is 1. The zero-order valence-corrected chi connectivity index (χ0v) is 19.7. The monoisotopic (exact) mass is 484 g/mol. The Bertz CT molecular complexity index is 1350. The number of anilines is 2. The summed E-state index contributed by atoms with van der Waals surface area (Å²) in [6.07, 6.45) is 0.775. The highest BCUT2D eigenvalue weighted by molar-refractivity contribution is 7.94. The smallest absolute Gasteiger partial charge is 0.271 e. The highest BCUT2D eigenvalue weighted by Crippen LogP contribution is 2.23. The quantitative estimate of drug-likeness (QED) is 0.321. The van der Waals surface area contributed by atoms with E-state index in [9.17, 15) is 13.2 Å². The van der Waals surface area contributed by atoms with Gasteiger partial charge in [-0.3, -0.25) is 14.8 Å². The van der Waals surface area contributed by atoms with E-state index in [-0.39, 0.29) is 10.1 Å². The molecule has 2 heterocycles. The molecule has 8 nitrogen and oxygen atoms in total. The number of hydrogen-bond donors (Lipinski definition) is 2. The Morgan fingerprint density at radius 1 is 1.12 bits per heavy atom. The first-order valence-electron chi connectivity index (χ1n) is 10.5. The van der Waals surface area contributed by atoms with Gasteiger partial charge in [0.25, 0.3) is 15.9 Å². The predicted molar refractivity (Wildman–Crippen MR) is 130 cm³/mol. The van der Waals surface area contributed by atoms with Crippen molar-refractivity contribution in [3.05, 3.63) is 71.6 Å². The fourth-order valence-corrected chi connectivity index (χ4v) is 5.43. The molecule has 1 amide bonds. The van der Waals surface area contributed by atoms with Crippen molar-refractivity contribution in [3.8, 4) is 0 Å². The fraction of sp³-hybridized carbons (Fsp3) is 0.217. The number of nitrogens with one attached hydrogen (secondary N) is 2. The Labute approximate surface area is 196 Å². The zero-order chi connectivity index (χ0) is 23.3. The lowest BCUT2D eigenvalue weighted by Gasteiger charge is -2.11. The van der Waals surface area contributed by atoms with Crippen LogP contribution < -0.4 is 10.0 Å². The van der Waals surface area contributed by atoms with Gasteiger partial charge >= 0.3 is 0 Å². The van der Waals surface area contributed by atoms with E-state index in [1.807, 2.05) is 35.8 Å². The van der Waals surface area contributed by atoms with E-state index < -0.39 is 10.0 Å². The van der Waals surface area contributed by atoms with Crippen LogP contribution >= 0.6 is 11.3 Å².